The maximum Gasteiger partial charge on any atom is 0.155 e. The average Bonchev–Trinajstić information content (AvgIpc) is 2.96. The number of hydrogen-bond acceptors (Lipinski definition) is 4. The molecule has 0 aromatic heterocycles. The van der Waals surface area contributed by atoms with Crippen LogP contribution >= 0.6 is 0 Å². The Morgan fingerprint density at radius 3 is 1.73 bits per heavy atom. The molecule has 2 aromatic carbocycles. The van der Waals surface area contributed by atoms with Crippen molar-refractivity contribution in [2.24, 2.45) is 22.5 Å². The van der Waals surface area contributed by atoms with Gasteiger partial charge >= 0.3 is 0 Å². The molecular formula is C40H60N2O2. The molecule has 4 heteroatoms. The minimum absolute atomic E-state index is 0.0642. The van der Waals surface area contributed by atoms with Gasteiger partial charge in [-0.1, -0.05) is 127 Å². The number of rotatable bonds is 22. The number of nitrogens with one attached hydrogen (secondary N) is 1. The Hall–Kier alpha value is -2.98. The van der Waals surface area contributed by atoms with Crippen molar-refractivity contribution in [3.8, 4) is 0 Å². The number of ketones is 2. The molecule has 0 amide bonds. The molecule has 3 N–H and O–H groups in total. The number of Topliss-reactive ketones (excluding diaryl/α,β-unsaturated/α-hetero) is 2. The van der Waals surface area contributed by atoms with Crippen molar-refractivity contribution in [1.29, 1.82) is 0 Å². The van der Waals surface area contributed by atoms with E-state index < -0.39 is 6.04 Å². The van der Waals surface area contributed by atoms with Crippen molar-refractivity contribution in [3.05, 3.63) is 96.2 Å². The Balaban J connectivity index is 1.87. The number of carbonyl (C=O) groups excluding carboxylic acids is 2. The van der Waals surface area contributed by atoms with Crippen LogP contribution in [0.3, 0.4) is 0 Å². The van der Waals surface area contributed by atoms with Gasteiger partial charge in [0.2, 0.25) is 0 Å². The van der Waals surface area contributed by atoms with Crippen LogP contribution in [-0.2, 0) is 22.4 Å². The van der Waals surface area contributed by atoms with Crippen LogP contribution in [0, 0.1) is 16.7 Å². The monoisotopic (exact) mass is 600 g/mol. The van der Waals surface area contributed by atoms with Crippen LogP contribution in [0.25, 0.3) is 0 Å². The molecule has 2 atom stereocenters. The minimum Gasteiger partial charge on any atom is -0.379 e. The summed E-state index contributed by atoms with van der Waals surface area (Å²) < 4.78 is 0. The van der Waals surface area contributed by atoms with E-state index >= 15 is 0 Å². The SMILES string of the molecule is C=C(CC(C)(C)CCC(C)(C)CC(=C)C(C)C)NC(Cc1ccccc1)C(=O)CCCCCC(=O)C(N)Cc1ccccc1. The highest BCUT2D eigenvalue weighted by atomic mass is 16.1. The smallest absolute Gasteiger partial charge is 0.155 e. The fraction of sp³-hybridized carbons (Fsp3) is 0.550. The third kappa shape index (κ3) is 14.7. The van der Waals surface area contributed by atoms with E-state index in [0.29, 0.717) is 31.6 Å². The normalized spacial score (nSPS) is 13.4. The summed E-state index contributed by atoms with van der Waals surface area (Å²) in [5, 5.41) is 3.53. The molecule has 0 saturated heterocycles. The quantitative estimate of drug-likeness (QED) is 0.104. The fourth-order valence-electron chi connectivity index (χ4n) is 5.76. The minimum atomic E-state index is -0.473. The molecule has 2 aromatic rings. The molecule has 0 aliphatic carbocycles. The average molecular weight is 601 g/mol. The highest BCUT2D eigenvalue weighted by Gasteiger charge is 2.27. The van der Waals surface area contributed by atoms with Gasteiger partial charge in [0, 0.05) is 18.5 Å². The van der Waals surface area contributed by atoms with Crippen molar-refractivity contribution in [2.75, 3.05) is 0 Å². The van der Waals surface area contributed by atoms with Gasteiger partial charge in [-0.05, 0) is 79.2 Å². The van der Waals surface area contributed by atoms with Gasteiger partial charge in [-0.15, -0.1) is 0 Å². The molecule has 0 fully saturated rings. The van der Waals surface area contributed by atoms with E-state index in [0.717, 1.165) is 61.8 Å². The molecule has 0 aliphatic rings. The molecule has 0 spiro atoms. The van der Waals surface area contributed by atoms with Gasteiger partial charge in [0.05, 0.1) is 12.1 Å². The van der Waals surface area contributed by atoms with Crippen molar-refractivity contribution < 1.29 is 9.59 Å². The van der Waals surface area contributed by atoms with E-state index in [9.17, 15) is 9.59 Å². The first-order chi connectivity index (χ1) is 20.7. The Morgan fingerprint density at radius 2 is 1.20 bits per heavy atom. The Bertz CT molecular complexity index is 1180. The molecule has 242 valence electrons. The van der Waals surface area contributed by atoms with Gasteiger partial charge in [0.25, 0.3) is 0 Å². The second kappa shape index (κ2) is 18.1. The van der Waals surface area contributed by atoms with Crippen LogP contribution in [0.2, 0.25) is 0 Å². The number of unbranched alkanes of at least 4 members (excludes halogenated alkanes) is 2. The van der Waals surface area contributed by atoms with Crippen LogP contribution in [0.5, 0.6) is 0 Å². The van der Waals surface area contributed by atoms with E-state index in [-0.39, 0.29) is 28.4 Å². The zero-order chi connectivity index (χ0) is 32.8. The largest absolute Gasteiger partial charge is 0.379 e. The third-order valence-corrected chi connectivity index (χ3v) is 8.80. The number of nitrogens with two attached hydrogens (primary N) is 1. The lowest BCUT2D eigenvalue weighted by molar-refractivity contribution is -0.121. The molecule has 0 saturated carbocycles. The number of carbonyl (C=O) groups is 2. The van der Waals surface area contributed by atoms with Gasteiger partial charge < -0.3 is 11.1 Å². The highest BCUT2D eigenvalue weighted by molar-refractivity contribution is 5.85. The van der Waals surface area contributed by atoms with Gasteiger partial charge in [-0.25, -0.2) is 0 Å². The van der Waals surface area contributed by atoms with Crippen molar-refractivity contribution >= 4 is 11.6 Å². The zero-order valence-electron chi connectivity index (χ0n) is 28.6. The molecular weight excluding hydrogens is 540 g/mol. The van der Waals surface area contributed by atoms with E-state index in [2.05, 4.69) is 72.1 Å². The van der Waals surface area contributed by atoms with Gasteiger partial charge in [0.1, 0.15) is 5.78 Å². The molecule has 4 nitrogen and oxygen atoms in total. The summed E-state index contributed by atoms with van der Waals surface area (Å²) in [5.74, 6) is 0.806. The summed E-state index contributed by atoms with van der Waals surface area (Å²) in [4.78, 5) is 26.0. The lowest BCUT2D eigenvalue weighted by atomic mass is 9.73. The lowest BCUT2D eigenvalue weighted by Gasteiger charge is -2.33. The molecule has 0 bridgehead atoms. The Kier molecular flexibility index (Phi) is 15.3. The topological polar surface area (TPSA) is 72.2 Å². The second-order valence-electron chi connectivity index (χ2n) is 14.8. The van der Waals surface area contributed by atoms with E-state index in [4.69, 9.17) is 5.73 Å². The molecule has 0 aliphatic heterocycles. The first-order valence-corrected chi connectivity index (χ1v) is 16.7. The van der Waals surface area contributed by atoms with E-state index in [1.165, 1.54) is 5.57 Å². The predicted molar refractivity (Wildman–Crippen MR) is 187 cm³/mol. The summed E-state index contributed by atoms with van der Waals surface area (Å²) in [6.07, 6.45) is 8.56. The maximum atomic E-state index is 13.5. The third-order valence-electron chi connectivity index (χ3n) is 8.80. The predicted octanol–water partition coefficient (Wildman–Crippen LogP) is 9.18. The maximum absolute atomic E-state index is 13.5. The standard InChI is InChI=1S/C40H60N2O2/c1-30(2)31(3)28-39(5,6)24-25-40(7,8)29-32(4)42-36(27-34-20-14-10-15-21-34)38(44)23-17-11-16-22-37(43)35(41)26-33-18-12-9-13-19-33/h9-10,12-15,18-21,30,35-36,42H,3-4,11,16-17,22-29,41H2,1-2,5-8H3. The number of benzene rings is 2. The fourth-order valence-corrected chi connectivity index (χ4v) is 5.76. The van der Waals surface area contributed by atoms with Crippen LogP contribution in [0.1, 0.15) is 110 Å². The van der Waals surface area contributed by atoms with Crippen molar-refractivity contribution in [2.45, 2.75) is 124 Å². The van der Waals surface area contributed by atoms with Crippen LogP contribution in [0.4, 0.5) is 0 Å². The van der Waals surface area contributed by atoms with Crippen LogP contribution < -0.4 is 11.1 Å². The summed E-state index contributed by atoms with van der Waals surface area (Å²) in [6.45, 7) is 22.4. The molecule has 2 rings (SSSR count). The Morgan fingerprint density at radius 1 is 0.727 bits per heavy atom. The zero-order valence-corrected chi connectivity index (χ0v) is 28.6. The van der Waals surface area contributed by atoms with E-state index in [1.54, 1.807) is 0 Å². The van der Waals surface area contributed by atoms with E-state index in [1.807, 2.05) is 48.5 Å². The molecule has 44 heavy (non-hydrogen) atoms. The highest BCUT2D eigenvalue weighted by Crippen LogP contribution is 2.38. The number of hydrogen-bond donors (Lipinski definition) is 2. The molecule has 0 radical (unpaired) electrons. The van der Waals surface area contributed by atoms with Gasteiger partial charge in [-0.3, -0.25) is 9.59 Å². The summed E-state index contributed by atoms with van der Waals surface area (Å²) in [6, 6.07) is 19.3. The van der Waals surface area contributed by atoms with Crippen LogP contribution in [-0.4, -0.2) is 23.7 Å². The van der Waals surface area contributed by atoms with Crippen molar-refractivity contribution in [3.63, 3.8) is 0 Å². The Labute approximate surface area is 269 Å². The number of allylic oxidation sites excluding steroid dienone is 2. The first kappa shape index (κ1) is 37.2. The first-order valence-electron chi connectivity index (χ1n) is 16.7. The summed E-state index contributed by atoms with van der Waals surface area (Å²) >= 11 is 0. The van der Waals surface area contributed by atoms with Crippen molar-refractivity contribution in [1.82, 2.24) is 5.32 Å². The van der Waals surface area contributed by atoms with Crippen LogP contribution in [0.15, 0.2) is 85.1 Å². The summed E-state index contributed by atoms with van der Waals surface area (Å²) in [7, 11) is 0. The van der Waals surface area contributed by atoms with Gasteiger partial charge in [0.15, 0.2) is 5.78 Å². The lowest BCUT2D eigenvalue weighted by Crippen LogP contribution is -2.39. The molecule has 0 heterocycles. The van der Waals surface area contributed by atoms with Gasteiger partial charge in [-0.2, -0.15) is 0 Å². The molecule has 2 unspecified atom stereocenters. The second-order valence-corrected chi connectivity index (χ2v) is 14.8. The summed E-state index contributed by atoms with van der Waals surface area (Å²) in [5.41, 5.74) is 10.9.